The van der Waals surface area contributed by atoms with Gasteiger partial charge in [0.25, 0.3) is 0 Å². The van der Waals surface area contributed by atoms with Gasteiger partial charge in [-0.2, -0.15) is 0 Å². The number of alkyl carbamates (subject to hydrolysis) is 1. The summed E-state index contributed by atoms with van der Waals surface area (Å²) in [6.07, 6.45) is -0.181. The van der Waals surface area contributed by atoms with E-state index >= 15 is 0 Å². The van der Waals surface area contributed by atoms with Crippen LogP contribution in [0.2, 0.25) is 0 Å². The summed E-state index contributed by atoms with van der Waals surface area (Å²) in [5, 5.41) is 2.30. The lowest BCUT2D eigenvalue weighted by Gasteiger charge is -2.19. The molecule has 0 aliphatic heterocycles. The van der Waals surface area contributed by atoms with E-state index in [4.69, 9.17) is 14.2 Å². The summed E-state index contributed by atoms with van der Waals surface area (Å²) < 4.78 is 15.0. The minimum absolute atomic E-state index is 0.0786. The number of carbonyl (C=O) groups excluding carboxylic acids is 3. The fourth-order valence-electron chi connectivity index (χ4n) is 1.72. The lowest BCUT2D eigenvalue weighted by Crippen LogP contribution is -2.36. The molecule has 1 aromatic rings. The van der Waals surface area contributed by atoms with Gasteiger partial charge < -0.3 is 19.5 Å². The van der Waals surface area contributed by atoms with Crippen molar-refractivity contribution in [2.75, 3.05) is 13.2 Å². The highest BCUT2D eigenvalue weighted by atomic mass is 16.6. The Labute approximate surface area is 147 Å². The Hall–Kier alpha value is -2.57. The third-order valence-electron chi connectivity index (χ3n) is 2.81. The van der Waals surface area contributed by atoms with Gasteiger partial charge in [0.15, 0.2) is 0 Å². The number of ether oxygens (including phenoxy) is 3. The summed E-state index contributed by atoms with van der Waals surface area (Å²) in [7, 11) is 0. The molecule has 7 nitrogen and oxygen atoms in total. The quantitative estimate of drug-likeness (QED) is 0.440. The van der Waals surface area contributed by atoms with Crippen molar-refractivity contribution in [3.05, 3.63) is 35.9 Å². The molecule has 0 atom stereocenters. The van der Waals surface area contributed by atoms with E-state index in [2.05, 4.69) is 5.32 Å². The standard InChI is InChI=1S/C18H25NO6/c1-18(2,3)25-17(22)19-12-16(21)23-11-7-10-15(20)24-13-14-8-5-4-6-9-14/h4-6,8-9H,7,10-13H2,1-3H3,(H,19,22). The number of amides is 1. The molecule has 0 saturated heterocycles. The Morgan fingerprint density at radius 3 is 2.32 bits per heavy atom. The molecular formula is C18H25NO6. The molecule has 0 spiro atoms. The zero-order chi connectivity index (χ0) is 18.7. The lowest BCUT2D eigenvalue weighted by atomic mass is 10.2. The third-order valence-corrected chi connectivity index (χ3v) is 2.81. The van der Waals surface area contributed by atoms with Crippen molar-refractivity contribution in [2.24, 2.45) is 0 Å². The van der Waals surface area contributed by atoms with E-state index < -0.39 is 17.7 Å². The summed E-state index contributed by atoms with van der Waals surface area (Å²) in [6.45, 7) is 5.19. The van der Waals surface area contributed by atoms with E-state index in [9.17, 15) is 14.4 Å². The molecule has 1 N–H and O–H groups in total. The number of carbonyl (C=O) groups is 3. The second-order valence-corrected chi connectivity index (χ2v) is 6.33. The summed E-state index contributed by atoms with van der Waals surface area (Å²) in [5.41, 5.74) is 0.282. The SMILES string of the molecule is CC(C)(C)OC(=O)NCC(=O)OCCCC(=O)OCc1ccccc1. The summed E-state index contributed by atoms with van der Waals surface area (Å²) in [4.78, 5) is 34.4. The highest BCUT2D eigenvalue weighted by Gasteiger charge is 2.16. The highest BCUT2D eigenvalue weighted by Crippen LogP contribution is 2.06. The first-order valence-corrected chi connectivity index (χ1v) is 8.08. The molecule has 0 aliphatic rings. The molecule has 0 bridgehead atoms. The Morgan fingerprint density at radius 1 is 1.00 bits per heavy atom. The molecule has 0 radical (unpaired) electrons. The monoisotopic (exact) mass is 351 g/mol. The molecule has 1 aromatic carbocycles. The van der Waals surface area contributed by atoms with Crippen LogP contribution >= 0.6 is 0 Å². The summed E-state index contributed by atoms with van der Waals surface area (Å²) in [6, 6.07) is 9.36. The van der Waals surface area contributed by atoms with Crippen LogP contribution in [-0.4, -0.2) is 36.8 Å². The lowest BCUT2D eigenvalue weighted by molar-refractivity contribution is -0.147. The molecule has 138 valence electrons. The molecule has 1 rings (SSSR count). The van der Waals surface area contributed by atoms with E-state index in [0.717, 1.165) is 5.56 Å². The van der Waals surface area contributed by atoms with E-state index in [1.807, 2.05) is 30.3 Å². The smallest absolute Gasteiger partial charge is 0.408 e. The van der Waals surface area contributed by atoms with Crippen LogP contribution in [0.25, 0.3) is 0 Å². The molecule has 0 aliphatic carbocycles. The molecule has 0 unspecified atom stereocenters. The van der Waals surface area contributed by atoms with E-state index in [1.165, 1.54) is 0 Å². The van der Waals surface area contributed by atoms with Crippen LogP contribution in [0.5, 0.6) is 0 Å². The van der Waals surface area contributed by atoms with Crippen LogP contribution in [-0.2, 0) is 30.4 Å². The highest BCUT2D eigenvalue weighted by molar-refractivity contribution is 5.78. The Balaban J connectivity index is 2.07. The number of hydrogen-bond acceptors (Lipinski definition) is 6. The fraction of sp³-hybridized carbons (Fsp3) is 0.500. The Bertz CT molecular complexity index is 565. The minimum atomic E-state index is -0.686. The van der Waals surface area contributed by atoms with E-state index in [-0.39, 0.29) is 32.1 Å². The largest absolute Gasteiger partial charge is 0.464 e. The number of nitrogens with one attached hydrogen (secondary N) is 1. The predicted octanol–water partition coefficient (Wildman–Crippen LogP) is 2.58. The Kier molecular flexibility index (Phi) is 8.46. The van der Waals surface area contributed by atoms with Gasteiger partial charge in [0.05, 0.1) is 6.61 Å². The summed E-state index contributed by atoms with van der Waals surface area (Å²) >= 11 is 0. The van der Waals surface area contributed by atoms with Gasteiger partial charge in [0.1, 0.15) is 18.8 Å². The minimum Gasteiger partial charge on any atom is -0.464 e. The van der Waals surface area contributed by atoms with Crippen LogP contribution < -0.4 is 5.32 Å². The van der Waals surface area contributed by atoms with Gasteiger partial charge in [-0.05, 0) is 32.8 Å². The average molecular weight is 351 g/mol. The van der Waals surface area contributed by atoms with Gasteiger partial charge in [-0.3, -0.25) is 9.59 Å². The van der Waals surface area contributed by atoms with Gasteiger partial charge in [-0.1, -0.05) is 30.3 Å². The predicted molar refractivity (Wildman–Crippen MR) is 90.7 cm³/mol. The third kappa shape index (κ3) is 10.8. The average Bonchev–Trinajstić information content (AvgIpc) is 2.54. The normalized spacial score (nSPS) is 10.7. The van der Waals surface area contributed by atoms with Crippen molar-refractivity contribution in [1.82, 2.24) is 5.32 Å². The van der Waals surface area contributed by atoms with Gasteiger partial charge >= 0.3 is 18.0 Å². The molecule has 0 fully saturated rings. The van der Waals surface area contributed by atoms with Gasteiger partial charge in [0.2, 0.25) is 0 Å². The molecular weight excluding hydrogens is 326 g/mol. The van der Waals surface area contributed by atoms with Crippen molar-refractivity contribution >= 4 is 18.0 Å². The molecule has 0 heterocycles. The van der Waals surface area contributed by atoms with Crippen LogP contribution in [0, 0.1) is 0 Å². The number of benzene rings is 1. The van der Waals surface area contributed by atoms with Crippen molar-refractivity contribution in [3.63, 3.8) is 0 Å². The molecule has 7 heteroatoms. The van der Waals surface area contributed by atoms with Crippen molar-refractivity contribution < 1.29 is 28.6 Å². The van der Waals surface area contributed by atoms with Gasteiger partial charge in [-0.15, -0.1) is 0 Å². The summed E-state index contributed by atoms with van der Waals surface area (Å²) in [5.74, 6) is -0.949. The van der Waals surface area contributed by atoms with Crippen molar-refractivity contribution in [3.8, 4) is 0 Å². The molecule has 1 amide bonds. The zero-order valence-corrected chi connectivity index (χ0v) is 14.9. The van der Waals surface area contributed by atoms with Gasteiger partial charge in [0, 0.05) is 6.42 Å². The first-order valence-electron chi connectivity index (χ1n) is 8.08. The number of hydrogen-bond donors (Lipinski definition) is 1. The van der Waals surface area contributed by atoms with E-state index in [1.54, 1.807) is 20.8 Å². The molecule has 0 aromatic heterocycles. The number of esters is 2. The second-order valence-electron chi connectivity index (χ2n) is 6.33. The van der Waals surface area contributed by atoms with Crippen LogP contribution in [0.15, 0.2) is 30.3 Å². The maximum Gasteiger partial charge on any atom is 0.408 e. The first kappa shape index (κ1) is 20.5. The fourth-order valence-corrected chi connectivity index (χ4v) is 1.72. The zero-order valence-electron chi connectivity index (χ0n) is 14.9. The van der Waals surface area contributed by atoms with Crippen LogP contribution in [0.3, 0.4) is 0 Å². The van der Waals surface area contributed by atoms with Crippen molar-refractivity contribution in [2.45, 2.75) is 45.8 Å². The van der Waals surface area contributed by atoms with Crippen LogP contribution in [0.4, 0.5) is 4.79 Å². The Morgan fingerprint density at radius 2 is 1.68 bits per heavy atom. The van der Waals surface area contributed by atoms with Crippen molar-refractivity contribution in [1.29, 1.82) is 0 Å². The van der Waals surface area contributed by atoms with Gasteiger partial charge in [-0.25, -0.2) is 4.79 Å². The molecule has 25 heavy (non-hydrogen) atoms. The molecule has 0 saturated carbocycles. The maximum absolute atomic E-state index is 11.6. The number of rotatable bonds is 8. The van der Waals surface area contributed by atoms with E-state index in [0.29, 0.717) is 6.42 Å². The van der Waals surface area contributed by atoms with Crippen LogP contribution in [0.1, 0.15) is 39.2 Å². The maximum atomic E-state index is 11.6. The first-order chi connectivity index (χ1) is 11.8. The topological polar surface area (TPSA) is 90.9 Å². The second kappa shape index (κ2) is 10.3.